The molecule has 160 valence electrons. The van der Waals surface area contributed by atoms with Crippen molar-refractivity contribution in [2.45, 2.75) is 18.4 Å². The zero-order chi connectivity index (χ0) is 22.1. The van der Waals surface area contributed by atoms with Crippen molar-refractivity contribution in [2.75, 3.05) is 6.61 Å². The Morgan fingerprint density at radius 2 is 1.69 bits per heavy atom. The van der Waals surface area contributed by atoms with Gasteiger partial charge >= 0.3 is 12.1 Å². The van der Waals surface area contributed by atoms with E-state index in [0.717, 1.165) is 22.3 Å². The van der Waals surface area contributed by atoms with Gasteiger partial charge in [-0.2, -0.15) is 0 Å². The van der Waals surface area contributed by atoms with E-state index in [1.54, 1.807) is 12.4 Å². The number of fused-ring (bicyclic) bond motifs is 4. The van der Waals surface area contributed by atoms with Crippen LogP contribution in [0.25, 0.3) is 22.3 Å². The molecule has 0 fully saturated rings. The second kappa shape index (κ2) is 8.14. The lowest BCUT2D eigenvalue weighted by Gasteiger charge is -2.17. The molecule has 32 heavy (non-hydrogen) atoms. The average Bonchev–Trinajstić information content (AvgIpc) is 3.36. The topological polar surface area (TPSA) is 117 Å². The predicted octanol–water partition coefficient (Wildman–Crippen LogP) is 3.49. The highest BCUT2D eigenvalue weighted by Gasteiger charge is 2.30. The lowest BCUT2D eigenvalue weighted by atomic mass is 9.98. The van der Waals surface area contributed by atoms with Crippen LogP contribution in [-0.4, -0.2) is 44.8 Å². The molecule has 0 saturated heterocycles. The molecule has 0 spiro atoms. The number of hydrogen-bond donors (Lipinski definition) is 3. The fourth-order valence-electron chi connectivity index (χ4n) is 4.26. The molecule has 0 aliphatic heterocycles. The van der Waals surface area contributed by atoms with Gasteiger partial charge in [0.05, 0.1) is 0 Å². The number of H-pyrrole nitrogens is 1. The molecule has 0 radical (unpaired) electrons. The van der Waals surface area contributed by atoms with Gasteiger partial charge in [0.2, 0.25) is 0 Å². The Balaban J connectivity index is 1.28. The number of aromatic nitrogens is 3. The highest BCUT2D eigenvalue weighted by atomic mass is 16.5. The number of carbonyl (C=O) groups is 2. The smallest absolute Gasteiger partial charge is 0.407 e. The van der Waals surface area contributed by atoms with Crippen molar-refractivity contribution in [3.05, 3.63) is 83.8 Å². The number of carbonyl (C=O) groups excluding carboxylic acids is 1. The quantitative estimate of drug-likeness (QED) is 0.433. The number of rotatable bonds is 6. The molecule has 2 heterocycles. The molecule has 1 atom stereocenters. The van der Waals surface area contributed by atoms with Crippen LogP contribution < -0.4 is 5.32 Å². The summed E-state index contributed by atoms with van der Waals surface area (Å²) in [6, 6.07) is 14.9. The first-order valence-corrected chi connectivity index (χ1v) is 10.2. The molecule has 1 unspecified atom stereocenters. The molecule has 0 bridgehead atoms. The van der Waals surface area contributed by atoms with Gasteiger partial charge in [0, 0.05) is 36.5 Å². The fraction of sp³-hybridized carbons (Fsp3) is 0.167. The van der Waals surface area contributed by atoms with Crippen LogP contribution in [0.4, 0.5) is 4.79 Å². The zero-order valence-corrected chi connectivity index (χ0v) is 17.0. The summed E-state index contributed by atoms with van der Waals surface area (Å²) in [6.45, 7) is 0.116. The van der Waals surface area contributed by atoms with E-state index < -0.39 is 18.1 Å². The van der Waals surface area contributed by atoms with Gasteiger partial charge in [-0.1, -0.05) is 48.5 Å². The summed E-state index contributed by atoms with van der Waals surface area (Å²) in [6.07, 6.45) is 4.02. The van der Waals surface area contributed by atoms with Crippen LogP contribution in [0.5, 0.6) is 0 Å². The molecule has 4 aromatic rings. The molecule has 2 aromatic carbocycles. The van der Waals surface area contributed by atoms with Crippen molar-refractivity contribution in [3.63, 3.8) is 0 Å². The van der Waals surface area contributed by atoms with Gasteiger partial charge in [0.1, 0.15) is 18.2 Å². The van der Waals surface area contributed by atoms with E-state index in [1.807, 2.05) is 36.4 Å². The first kappa shape index (κ1) is 19.7. The monoisotopic (exact) mass is 428 g/mol. The number of ether oxygens (including phenoxy) is 1. The summed E-state index contributed by atoms with van der Waals surface area (Å²) >= 11 is 0. The Morgan fingerprint density at radius 1 is 1.03 bits per heavy atom. The van der Waals surface area contributed by atoms with Gasteiger partial charge in [-0.3, -0.25) is 4.98 Å². The van der Waals surface area contributed by atoms with E-state index in [1.165, 1.54) is 6.20 Å². The summed E-state index contributed by atoms with van der Waals surface area (Å²) in [4.78, 5) is 35.6. The Labute approximate surface area is 183 Å². The summed E-state index contributed by atoms with van der Waals surface area (Å²) in [5, 5.41) is 12.1. The molecule has 8 nitrogen and oxygen atoms in total. The molecule has 0 saturated carbocycles. The lowest BCUT2D eigenvalue weighted by molar-refractivity contribution is -0.139. The minimum atomic E-state index is -1.16. The van der Waals surface area contributed by atoms with E-state index in [4.69, 9.17) is 4.74 Å². The fourth-order valence-corrected chi connectivity index (χ4v) is 4.26. The number of alkyl carbamates (subject to hydrolysis) is 1. The molecule has 2 aromatic heterocycles. The van der Waals surface area contributed by atoms with E-state index in [0.29, 0.717) is 16.7 Å². The predicted molar refractivity (Wildman–Crippen MR) is 117 cm³/mol. The van der Waals surface area contributed by atoms with Crippen molar-refractivity contribution in [1.29, 1.82) is 0 Å². The summed E-state index contributed by atoms with van der Waals surface area (Å²) in [5.41, 5.74) is 6.23. The number of nitrogens with one attached hydrogen (secondary N) is 2. The van der Waals surface area contributed by atoms with Crippen molar-refractivity contribution < 1.29 is 19.4 Å². The molecule has 3 N–H and O–H groups in total. The third kappa shape index (κ3) is 3.56. The molecular formula is C24H20N4O4. The molecule has 1 amide bonds. The van der Waals surface area contributed by atoms with Crippen molar-refractivity contribution in [1.82, 2.24) is 20.3 Å². The van der Waals surface area contributed by atoms with Crippen LogP contribution in [0.3, 0.4) is 0 Å². The van der Waals surface area contributed by atoms with Gasteiger partial charge in [-0.15, -0.1) is 0 Å². The first-order valence-electron chi connectivity index (χ1n) is 10.2. The maximum atomic E-state index is 12.5. The highest BCUT2D eigenvalue weighted by Crippen LogP contribution is 2.44. The van der Waals surface area contributed by atoms with Gasteiger partial charge in [0.15, 0.2) is 5.65 Å². The number of aliphatic carboxylic acids is 1. The summed E-state index contributed by atoms with van der Waals surface area (Å²) in [5.74, 6) is -1.25. The lowest BCUT2D eigenvalue weighted by Crippen LogP contribution is -2.42. The SMILES string of the molecule is O=C(NC(Cc1c[nH]c2nccnc12)C(=O)O)OCC1c2ccccc2-c2ccccc21. The molecule has 8 heteroatoms. The van der Waals surface area contributed by atoms with Crippen molar-refractivity contribution in [3.8, 4) is 11.1 Å². The van der Waals surface area contributed by atoms with Crippen LogP contribution in [0.2, 0.25) is 0 Å². The van der Waals surface area contributed by atoms with Gasteiger partial charge in [-0.05, 0) is 22.3 Å². The number of aromatic amines is 1. The summed E-state index contributed by atoms with van der Waals surface area (Å²) < 4.78 is 5.48. The molecular weight excluding hydrogens is 408 g/mol. The van der Waals surface area contributed by atoms with Crippen LogP contribution in [0.1, 0.15) is 22.6 Å². The zero-order valence-electron chi connectivity index (χ0n) is 17.0. The standard InChI is InChI=1S/C24H20N4O4/c29-23(30)20(11-14-12-27-22-21(14)25-9-10-26-22)28-24(31)32-13-19-17-7-3-1-5-15(17)16-6-2-4-8-18(16)19/h1-10,12,19-20H,11,13H2,(H,26,27)(H,28,31)(H,29,30). The minimum absolute atomic E-state index is 0.0538. The van der Waals surface area contributed by atoms with Crippen LogP contribution in [0, 0.1) is 0 Å². The largest absolute Gasteiger partial charge is 0.480 e. The normalized spacial score (nSPS) is 13.4. The second-order valence-electron chi connectivity index (χ2n) is 7.63. The number of nitrogens with zero attached hydrogens (tertiary/aromatic N) is 2. The Hall–Kier alpha value is -4.20. The number of carboxylic acids is 1. The van der Waals surface area contributed by atoms with E-state index in [-0.39, 0.29) is 18.9 Å². The molecule has 1 aliphatic rings. The van der Waals surface area contributed by atoms with Gasteiger partial charge in [-0.25, -0.2) is 14.6 Å². The number of amides is 1. The number of carboxylic acid groups (broad SMARTS) is 1. The van der Waals surface area contributed by atoms with Gasteiger partial charge < -0.3 is 20.1 Å². The minimum Gasteiger partial charge on any atom is -0.480 e. The third-order valence-corrected chi connectivity index (χ3v) is 5.74. The maximum absolute atomic E-state index is 12.5. The average molecular weight is 428 g/mol. The Kier molecular flexibility index (Phi) is 5.03. The number of hydrogen-bond acceptors (Lipinski definition) is 5. The Bertz CT molecular complexity index is 1270. The third-order valence-electron chi connectivity index (χ3n) is 5.74. The molecule has 1 aliphatic carbocycles. The first-order chi connectivity index (χ1) is 15.6. The van der Waals surface area contributed by atoms with Crippen molar-refractivity contribution >= 4 is 23.2 Å². The van der Waals surface area contributed by atoms with Crippen LogP contribution >= 0.6 is 0 Å². The molecule has 5 rings (SSSR count). The highest BCUT2D eigenvalue weighted by molar-refractivity contribution is 5.82. The number of benzene rings is 2. The summed E-state index contributed by atoms with van der Waals surface area (Å²) in [7, 11) is 0. The van der Waals surface area contributed by atoms with Gasteiger partial charge in [0.25, 0.3) is 0 Å². The van der Waals surface area contributed by atoms with Crippen molar-refractivity contribution in [2.24, 2.45) is 0 Å². The Morgan fingerprint density at radius 3 is 2.38 bits per heavy atom. The second-order valence-corrected chi connectivity index (χ2v) is 7.63. The van der Waals surface area contributed by atoms with E-state index in [2.05, 4.69) is 32.4 Å². The van der Waals surface area contributed by atoms with E-state index in [9.17, 15) is 14.7 Å². The van der Waals surface area contributed by atoms with E-state index >= 15 is 0 Å². The maximum Gasteiger partial charge on any atom is 0.407 e. The van der Waals surface area contributed by atoms with Crippen LogP contribution in [0.15, 0.2) is 67.1 Å². The van der Waals surface area contributed by atoms with Crippen LogP contribution in [-0.2, 0) is 16.0 Å².